The van der Waals surface area contributed by atoms with E-state index in [-0.39, 0.29) is 18.3 Å². The maximum Gasteiger partial charge on any atom is 0.225 e. The highest BCUT2D eigenvalue weighted by Crippen LogP contribution is 2.43. The molecule has 3 rings (SSSR count). The molecule has 2 unspecified atom stereocenters. The largest absolute Gasteiger partial charge is 0.339 e. The van der Waals surface area contributed by atoms with Crippen molar-refractivity contribution in [2.75, 3.05) is 6.54 Å². The van der Waals surface area contributed by atoms with E-state index in [1.54, 1.807) is 0 Å². The van der Waals surface area contributed by atoms with E-state index >= 15 is 0 Å². The number of carbonyl (C=O) groups is 1. The van der Waals surface area contributed by atoms with Crippen molar-refractivity contribution < 1.29 is 4.79 Å². The van der Waals surface area contributed by atoms with Crippen molar-refractivity contribution in [3.8, 4) is 0 Å². The zero-order valence-corrected chi connectivity index (χ0v) is 15.7. The molecular weight excluding hydrogens is 308 g/mol. The van der Waals surface area contributed by atoms with Gasteiger partial charge >= 0.3 is 0 Å². The molecule has 0 heterocycles. The van der Waals surface area contributed by atoms with Crippen LogP contribution >= 0.6 is 12.4 Å². The van der Waals surface area contributed by atoms with Gasteiger partial charge in [-0.05, 0) is 56.3 Å². The Bertz CT molecular complexity index is 381. The summed E-state index contributed by atoms with van der Waals surface area (Å²) in [7, 11) is 0. The van der Waals surface area contributed by atoms with Crippen LogP contribution in [0.15, 0.2) is 0 Å². The average Bonchev–Trinajstić information content (AvgIpc) is 2.97. The van der Waals surface area contributed by atoms with Crippen LogP contribution in [0.4, 0.5) is 0 Å². The highest BCUT2D eigenvalue weighted by atomic mass is 35.5. The van der Waals surface area contributed by atoms with Gasteiger partial charge < -0.3 is 10.6 Å². The molecule has 3 aliphatic carbocycles. The van der Waals surface area contributed by atoms with Crippen LogP contribution in [-0.4, -0.2) is 29.4 Å². The number of rotatable bonds is 4. The molecule has 0 aromatic carbocycles. The van der Waals surface area contributed by atoms with E-state index in [1.807, 2.05) is 0 Å². The first-order valence-electron chi connectivity index (χ1n) is 9.62. The lowest BCUT2D eigenvalue weighted by Crippen LogP contribution is -2.51. The van der Waals surface area contributed by atoms with Crippen molar-refractivity contribution in [2.24, 2.45) is 29.4 Å². The molecule has 0 aliphatic heterocycles. The lowest BCUT2D eigenvalue weighted by molar-refractivity contribution is -0.141. The standard InChI is InChI=1S/C19H34N2O.ClH/c1-13(2)12-21(17-8-3-4-9-17)19(22)16-10-14-6-5-7-15(11-16)18(14)20;/h13-18H,3-12,20H2,1-2H3;1H. The van der Waals surface area contributed by atoms with Gasteiger partial charge in [-0.15, -0.1) is 12.4 Å². The fourth-order valence-corrected chi connectivity index (χ4v) is 5.25. The molecule has 3 aliphatic rings. The summed E-state index contributed by atoms with van der Waals surface area (Å²) in [6, 6.07) is 0.883. The van der Waals surface area contributed by atoms with E-state index in [0.29, 0.717) is 35.7 Å². The SMILES string of the molecule is CC(C)CN(C(=O)C1CC2CCCC(C1)C2N)C1CCCC1.Cl. The summed E-state index contributed by atoms with van der Waals surface area (Å²) in [6.07, 6.45) is 11.0. The van der Waals surface area contributed by atoms with Crippen LogP contribution in [0.1, 0.15) is 71.6 Å². The number of carbonyl (C=O) groups excluding carboxylic acids is 1. The highest BCUT2D eigenvalue weighted by Gasteiger charge is 2.42. The van der Waals surface area contributed by atoms with Crippen LogP contribution in [0, 0.1) is 23.7 Å². The van der Waals surface area contributed by atoms with Gasteiger partial charge in [-0.3, -0.25) is 4.79 Å². The number of fused-ring (bicyclic) bond motifs is 2. The normalized spacial score (nSPS) is 34.3. The Morgan fingerprint density at radius 3 is 2.13 bits per heavy atom. The minimum absolute atomic E-state index is 0. The van der Waals surface area contributed by atoms with Crippen LogP contribution in [0.5, 0.6) is 0 Å². The molecule has 0 aromatic heterocycles. The summed E-state index contributed by atoms with van der Waals surface area (Å²) < 4.78 is 0. The van der Waals surface area contributed by atoms with Gasteiger partial charge in [0.05, 0.1) is 0 Å². The molecule has 0 radical (unpaired) electrons. The maximum absolute atomic E-state index is 13.2. The summed E-state index contributed by atoms with van der Waals surface area (Å²) >= 11 is 0. The summed E-state index contributed by atoms with van der Waals surface area (Å²) in [5.41, 5.74) is 6.40. The Morgan fingerprint density at radius 2 is 1.61 bits per heavy atom. The van der Waals surface area contributed by atoms with E-state index < -0.39 is 0 Å². The first-order chi connectivity index (χ1) is 10.6. The molecule has 0 aromatic rings. The predicted molar refractivity (Wildman–Crippen MR) is 97.6 cm³/mol. The van der Waals surface area contributed by atoms with Crippen LogP contribution in [0.2, 0.25) is 0 Å². The van der Waals surface area contributed by atoms with Gasteiger partial charge in [0.25, 0.3) is 0 Å². The lowest BCUT2D eigenvalue weighted by atomic mass is 9.65. The highest BCUT2D eigenvalue weighted by molar-refractivity contribution is 5.85. The summed E-state index contributed by atoms with van der Waals surface area (Å²) in [5, 5.41) is 0. The van der Waals surface area contributed by atoms with Gasteiger partial charge in [-0.1, -0.05) is 33.1 Å². The minimum Gasteiger partial charge on any atom is -0.339 e. The van der Waals surface area contributed by atoms with Gasteiger partial charge in [-0.2, -0.15) is 0 Å². The van der Waals surface area contributed by atoms with Gasteiger partial charge in [0.15, 0.2) is 0 Å². The van der Waals surface area contributed by atoms with Crippen LogP contribution < -0.4 is 5.73 Å². The summed E-state index contributed by atoms with van der Waals surface area (Å²) in [4.78, 5) is 15.5. The average molecular weight is 343 g/mol. The van der Waals surface area contributed by atoms with Crippen molar-refractivity contribution in [2.45, 2.75) is 83.7 Å². The molecule has 134 valence electrons. The minimum atomic E-state index is 0. The first kappa shape index (κ1) is 19.1. The predicted octanol–water partition coefficient (Wildman–Crippen LogP) is 3.99. The van der Waals surface area contributed by atoms with Crippen molar-refractivity contribution >= 4 is 18.3 Å². The van der Waals surface area contributed by atoms with Gasteiger partial charge in [0.2, 0.25) is 5.91 Å². The molecule has 3 fully saturated rings. The van der Waals surface area contributed by atoms with Gasteiger partial charge in [0.1, 0.15) is 0 Å². The number of hydrogen-bond donors (Lipinski definition) is 1. The molecule has 2 atom stereocenters. The molecule has 3 saturated carbocycles. The molecule has 1 amide bonds. The zero-order valence-electron chi connectivity index (χ0n) is 14.9. The third kappa shape index (κ3) is 4.22. The van der Waals surface area contributed by atoms with E-state index in [2.05, 4.69) is 18.7 Å². The molecule has 2 N–H and O–H groups in total. The number of nitrogens with two attached hydrogens (primary N) is 1. The molecule has 3 nitrogen and oxygen atoms in total. The zero-order chi connectivity index (χ0) is 15.7. The second-order valence-electron chi connectivity index (χ2n) is 8.52. The summed E-state index contributed by atoms with van der Waals surface area (Å²) in [5.74, 6) is 2.49. The Labute approximate surface area is 148 Å². The Kier molecular flexibility index (Phi) is 6.79. The second kappa shape index (κ2) is 8.20. The molecule has 4 heteroatoms. The van der Waals surface area contributed by atoms with E-state index in [1.165, 1.54) is 44.9 Å². The van der Waals surface area contributed by atoms with Crippen LogP contribution in [0.25, 0.3) is 0 Å². The van der Waals surface area contributed by atoms with Crippen LogP contribution in [-0.2, 0) is 4.79 Å². The number of hydrogen-bond acceptors (Lipinski definition) is 2. The number of amides is 1. The summed E-state index contributed by atoms with van der Waals surface area (Å²) in [6.45, 7) is 5.42. The third-order valence-electron chi connectivity index (χ3n) is 6.37. The molecule has 2 bridgehead atoms. The number of halogens is 1. The molecule has 0 saturated heterocycles. The number of nitrogens with zero attached hydrogens (tertiary/aromatic N) is 1. The van der Waals surface area contributed by atoms with Crippen molar-refractivity contribution in [3.63, 3.8) is 0 Å². The Balaban J connectivity index is 0.00000192. The van der Waals surface area contributed by atoms with E-state index in [4.69, 9.17) is 5.73 Å². The Hall–Kier alpha value is -0.280. The lowest BCUT2D eigenvalue weighted by Gasteiger charge is -2.45. The maximum atomic E-state index is 13.2. The smallest absolute Gasteiger partial charge is 0.225 e. The first-order valence-corrected chi connectivity index (χ1v) is 9.62. The molecule has 0 spiro atoms. The fraction of sp³-hybridized carbons (Fsp3) is 0.947. The van der Waals surface area contributed by atoms with Crippen molar-refractivity contribution in [3.05, 3.63) is 0 Å². The second-order valence-corrected chi connectivity index (χ2v) is 8.52. The van der Waals surface area contributed by atoms with Gasteiger partial charge in [-0.25, -0.2) is 0 Å². The van der Waals surface area contributed by atoms with Crippen molar-refractivity contribution in [1.29, 1.82) is 0 Å². The van der Waals surface area contributed by atoms with Crippen molar-refractivity contribution in [1.82, 2.24) is 4.90 Å². The quantitative estimate of drug-likeness (QED) is 0.839. The van der Waals surface area contributed by atoms with Gasteiger partial charge in [0, 0.05) is 24.5 Å². The third-order valence-corrected chi connectivity index (χ3v) is 6.37. The molecule has 23 heavy (non-hydrogen) atoms. The van der Waals surface area contributed by atoms with Crippen LogP contribution in [0.3, 0.4) is 0 Å². The topological polar surface area (TPSA) is 46.3 Å². The monoisotopic (exact) mass is 342 g/mol. The molecular formula is C19H35ClN2O. The Morgan fingerprint density at radius 1 is 1.04 bits per heavy atom. The van der Waals surface area contributed by atoms with E-state index in [0.717, 1.165) is 19.4 Å². The van der Waals surface area contributed by atoms with E-state index in [9.17, 15) is 4.79 Å². The fourth-order valence-electron chi connectivity index (χ4n) is 5.25.